The predicted octanol–water partition coefficient (Wildman–Crippen LogP) is 3.86. The van der Waals surface area contributed by atoms with Gasteiger partial charge in [-0.3, -0.25) is 4.79 Å². The van der Waals surface area contributed by atoms with E-state index in [1.54, 1.807) is 37.4 Å². The third-order valence-electron chi connectivity index (χ3n) is 2.57. The molecule has 4 heteroatoms. The van der Waals surface area contributed by atoms with Crippen molar-refractivity contribution < 1.29 is 9.18 Å². The van der Waals surface area contributed by atoms with Crippen LogP contribution in [0.3, 0.4) is 0 Å². The molecule has 0 atom stereocenters. The summed E-state index contributed by atoms with van der Waals surface area (Å²) in [6.45, 7) is 0. The van der Waals surface area contributed by atoms with Crippen LogP contribution in [0.5, 0.6) is 0 Å². The number of hydrogen-bond acceptors (Lipinski definition) is 1. The summed E-state index contributed by atoms with van der Waals surface area (Å²) in [7, 11) is 1.62. The zero-order valence-corrected chi connectivity index (χ0v) is 11.3. The highest BCUT2D eigenvalue weighted by Crippen LogP contribution is 2.18. The van der Waals surface area contributed by atoms with Crippen molar-refractivity contribution in [3.63, 3.8) is 0 Å². The Labute approximate surface area is 113 Å². The molecule has 0 spiro atoms. The van der Waals surface area contributed by atoms with Crippen LogP contribution in [0, 0.1) is 5.82 Å². The number of carbonyl (C=O) groups excluding carboxylic acids is 1. The molecule has 0 saturated heterocycles. The molecule has 0 heterocycles. The third-order valence-corrected chi connectivity index (χ3v) is 3.06. The molecule has 0 bridgehead atoms. The fourth-order valence-electron chi connectivity index (χ4n) is 1.62. The van der Waals surface area contributed by atoms with Gasteiger partial charge in [-0.1, -0.05) is 28.1 Å². The number of halogens is 2. The summed E-state index contributed by atoms with van der Waals surface area (Å²) in [6, 6.07) is 13.0. The third kappa shape index (κ3) is 2.76. The van der Waals surface area contributed by atoms with E-state index in [2.05, 4.69) is 15.9 Å². The van der Waals surface area contributed by atoms with Crippen molar-refractivity contribution in [3.05, 3.63) is 64.4 Å². The molecule has 2 aromatic carbocycles. The van der Waals surface area contributed by atoms with Gasteiger partial charge in [0.2, 0.25) is 0 Å². The fraction of sp³-hybridized carbons (Fsp3) is 0.0714. The SMILES string of the molecule is CN(C(=O)c1cccc(Br)c1)c1cccc(F)c1. The van der Waals surface area contributed by atoms with Crippen LogP contribution in [-0.4, -0.2) is 13.0 Å². The summed E-state index contributed by atoms with van der Waals surface area (Å²) in [5.41, 5.74) is 1.08. The number of amides is 1. The van der Waals surface area contributed by atoms with Gasteiger partial charge in [0.15, 0.2) is 0 Å². The minimum atomic E-state index is -0.360. The number of hydrogen-bond donors (Lipinski definition) is 0. The van der Waals surface area contributed by atoms with Crippen LogP contribution >= 0.6 is 15.9 Å². The Bertz CT molecular complexity index is 586. The maximum Gasteiger partial charge on any atom is 0.258 e. The number of nitrogens with zero attached hydrogens (tertiary/aromatic N) is 1. The summed E-state index contributed by atoms with van der Waals surface area (Å²) >= 11 is 3.32. The molecular formula is C14H11BrFNO. The van der Waals surface area contributed by atoms with E-state index in [4.69, 9.17) is 0 Å². The Morgan fingerprint density at radius 2 is 1.89 bits per heavy atom. The summed E-state index contributed by atoms with van der Waals surface area (Å²) in [5, 5.41) is 0. The van der Waals surface area contributed by atoms with Crippen molar-refractivity contribution in [2.75, 3.05) is 11.9 Å². The van der Waals surface area contributed by atoms with E-state index < -0.39 is 0 Å². The van der Waals surface area contributed by atoms with E-state index in [0.717, 1.165) is 4.47 Å². The zero-order chi connectivity index (χ0) is 13.1. The molecule has 0 aliphatic heterocycles. The molecule has 18 heavy (non-hydrogen) atoms. The zero-order valence-electron chi connectivity index (χ0n) is 9.73. The highest BCUT2D eigenvalue weighted by Gasteiger charge is 2.13. The number of carbonyl (C=O) groups is 1. The van der Waals surface area contributed by atoms with Gasteiger partial charge in [0, 0.05) is 22.8 Å². The maximum atomic E-state index is 13.1. The van der Waals surface area contributed by atoms with E-state index in [-0.39, 0.29) is 11.7 Å². The van der Waals surface area contributed by atoms with Gasteiger partial charge < -0.3 is 4.90 Å². The van der Waals surface area contributed by atoms with E-state index >= 15 is 0 Å². The first-order chi connectivity index (χ1) is 8.58. The lowest BCUT2D eigenvalue weighted by Gasteiger charge is -2.17. The molecule has 0 aromatic heterocycles. The minimum absolute atomic E-state index is 0.179. The number of benzene rings is 2. The first kappa shape index (κ1) is 12.8. The van der Waals surface area contributed by atoms with E-state index in [1.807, 2.05) is 6.07 Å². The number of rotatable bonds is 2. The molecule has 0 N–H and O–H groups in total. The van der Waals surface area contributed by atoms with E-state index in [1.165, 1.54) is 17.0 Å². The second-order valence-corrected chi connectivity index (χ2v) is 4.77. The monoisotopic (exact) mass is 307 g/mol. The summed E-state index contributed by atoms with van der Waals surface area (Å²) in [5.74, 6) is -0.539. The molecule has 2 rings (SSSR count). The molecule has 1 amide bonds. The van der Waals surface area contributed by atoms with Crippen molar-refractivity contribution in [2.24, 2.45) is 0 Å². The quantitative estimate of drug-likeness (QED) is 0.825. The second kappa shape index (κ2) is 5.31. The minimum Gasteiger partial charge on any atom is -0.311 e. The Morgan fingerprint density at radius 3 is 2.56 bits per heavy atom. The molecular weight excluding hydrogens is 297 g/mol. The van der Waals surface area contributed by atoms with Crippen LogP contribution in [0.4, 0.5) is 10.1 Å². The maximum absolute atomic E-state index is 13.1. The van der Waals surface area contributed by atoms with Crippen LogP contribution < -0.4 is 4.90 Å². The molecule has 0 radical (unpaired) electrons. The first-order valence-corrected chi connectivity index (χ1v) is 6.16. The van der Waals surface area contributed by atoms with Crippen LogP contribution in [0.2, 0.25) is 0 Å². The van der Waals surface area contributed by atoms with Gasteiger partial charge in [-0.2, -0.15) is 0 Å². The lowest BCUT2D eigenvalue weighted by Crippen LogP contribution is -2.26. The van der Waals surface area contributed by atoms with E-state index in [9.17, 15) is 9.18 Å². The predicted molar refractivity (Wildman–Crippen MR) is 73.3 cm³/mol. The highest BCUT2D eigenvalue weighted by molar-refractivity contribution is 9.10. The Morgan fingerprint density at radius 1 is 1.17 bits per heavy atom. The van der Waals surface area contributed by atoms with Gasteiger partial charge >= 0.3 is 0 Å². The molecule has 2 nitrogen and oxygen atoms in total. The summed E-state index contributed by atoms with van der Waals surface area (Å²) in [6.07, 6.45) is 0. The molecule has 0 aliphatic carbocycles. The summed E-state index contributed by atoms with van der Waals surface area (Å²) < 4.78 is 13.9. The van der Waals surface area contributed by atoms with Crippen molar-refractivity contribution in [3.8, 4) is 0 Å². The van der Waals surface area contributed by atoms with Gasteiger partial charge in [0.05, 0.1) is 0 Å². The smallest absolute Gasteiger partial charge is 0.258 e. The van der Waals surface area contributed by atoms with Crippen molar-refractivity contribution >= 4 is 27.5 Å². The topological polar surface area (TPSA) is 20.3 Å². The van der Waals surface area contributed by atoms with Crippen LogP contribution in [-0.2, 0) is 0 Å². The Hall–Kier alpha value is -1.68. The van der Waals surface area contributed by atoms with Gasteiger partial charge in [0.25, 0.3) is 5.91 Å². The van der Waals surface area contributed by atoms with Crippen molar-refractivity contribution in [1.29, 1.82) is 0 Å². The molecule has 92 valence electrons. The average molecular weight is 308 g/mol. The molecule has 0 fully saturated rings. The fourth-order valence-corrected chi connectivity index (χ4v) is 2.02. The Kier molecular flexibility index (Phi) is 3.77. The van der Waals surface area contributed by atoms with Gasteiger partial charge in [-0.25, -0.2) is 4.39 Å². The van der Waals surface area contributed by atoms with Crippen molar-refractivity contribution in [1.82, 2.24) is 0 Å². The lowest BCUT2D eigenvalue weighted by atomic mass is 10.2. The molecule has 0 aliphatic rings. The van der Waals surface area contributed by atoms with Gasteiger partial charge in [0.1, 0.15) is 5.82 Å². The second-order valence-electron chi connectivity index (χ2n) is 3.85. The van der Waals surface area contributed by atoms with Crippen LogP contribution in [0.1, 0.15) is 10.4 Å². The average Bonchev–Trinajstić information content (AvgIpc) is 2.37. The highest BCUT2D eigenvalue weighted by atomic mass is 79.9. The van der Waals surface area contributed by atoms with Crippen molar-refractivity contribution in [2.45, 2.75) is 0 Å². The van der Waals surface area contributed by atoms with Gasteiger partial charge in [-0.15, -0.1) is 0 Å². The number of anilines is 1. The first-order valence-electron chi connectivity index (χ1n) is 5.37. The van der Waals surface area contributed by atoms with Crippen LogP contribution in [0.15, 0.2) is 53.0 Å². The summed E-state index contributed by atoms with van der Waals surface area (Å²) in [4.78, 5) is 13.6. The van der Waals surface area contributed by atoms with E-state index in [0.29, 0.717) is 11.3 Å². The standard InChI is InChI=1S/C14H11BrFNO/c1-17(13-7-3-6-12(16)9-13)14(18)10-4-2-5-11(15)8-10/h2-9H,1H3. The largest absolute Gasteiger partial charge is 0.311 e. The van der Waals surface area contributed by atoms with Gasteiger partial charge in [-0.05, 0) is 36.4 Å². The van der Waals surface area contributed by atoms with Crippen LogP contribution in [0.25, 0.3) is 0 Å². The Balaban J connectivity index is 2.29. The normalized spacial score (nSPS) is 10.2. The molecule has 2 aromatic rings. The lowest BCUT2D eigenvalue weighted by molar-refractivity contribution is 0.0993. The molecule has 0 saturated carbocycles. The molecule has 0 unspecified atom stereocenters.